The van der Waals surface area contributed by atoms with Crippen molar-refractivity contribution in [3.8, 4) is 16.9 Å². The van der Waals surface area contributed by atoms with Crippen molar-refractivity contribution in [2.45, 2.75) is 23.6 Å². The Kier molecular flexibility index (Phi) is 5.09. The lowest BCUT2D eigenvalue weighted by Gasteiger charge is -2.33. The summed E-state index contributed by atoms with van der Waals surface area (Å²) >= 11 is 1.54. The predicted octanol–water partition coefficient (Wildman–Crippen LogP) is 5.53. The number of anilines is 1. The molecular formula is C23H20FNO2S. The summed E-state index contributed by atoms with van der Waals surface area (Å²) < 4.78 is 19.5. The van der Waals surface area contributed by atoms with E-state index in [2.05, 4.69) is 0 Å². The lowest BCUT2D eigenvalue weighted by atomic mass is 10.0. The fourth-order valence-corrected chi connectivity index (χ4v) is 4.39. The van der Waals surface area contributed by atoms with Gasteiger partial charge in [-0.25, -0.2) is 4.39 Å². The van der Waals surface area contributed by atoms with Gasteiger partial charge in [-0.3, -0.25) is 4.79 Å². The van der Waals surface area contributed by atoms with Crippen LogP contribution in [0.2, 0.25) is 0 Å². The van der Waals surface area contributed by atoms with E-state index >= 15 is 0 Å². The number of benzene rings is 3. The van der Waals surface area contributed by atoms with Crippen LogP contribution in [-0.2, 0) is 11.3 Å². The zero-order chi connectivity index (χ0) is 19.7. The topological polar surface area (TPSA) is 29.5 Å². The molecule has 0 bridgehead atoms. The maximum Gasteiger partial charge on any atom is 0.240 e. The quantitative estimate of drug-likeness (QED) is 0.584. The molecule has 1 atom stereocenters. The second-order valence-electron chi connectivity index (χ2n) is 6.69. The first-order chi connectivity index (χ1) is 13.6. The average Bonchev–Trinajstić information content (AvgIpc) is 2.72. The molecule has 0 saturated carbocycles. The highest BCUT2D eigenvalue weighted by Crippen LogP contribution is 2.42. The van der Waals surface area contributed by atoms with Crippen LogP contribution in [0.25, 0.3) is 11.1 Å². The van der Waals surface area contributed by atoms with E-state index in [9.17, 15) is 9.18 Å². The Labute approximate surface area is 168 Å². The van der Waals surface area contributed by atoms with Crippen molar-refractivity contribution in [1.29, 1.82) is 0 Å². The highest BCUT2D eigenvalue weighted by atomic mass is 32.2. The largest absolute Gasteiger partial charge is 0.497 e. The first-order valence-corrected chi connectivity index (χ1v) is 9.94. The molecule has 0 fully saturated rings. The SMILES string of the molecule is COc1cccc(-c2ccc3c(c2)N(Cc2ccccc2F)C(=O)C(C)S3)c1. The fourth-order valence-electron chi connectivity index (χ4n) is 3.35. The molecule has 0 aliphatic carbocycles. The maximum absolute atomic E-state index is 14.2. The second kappa shape index (κ2) is 7.68. The Balaban J connectivity index is 1.77. The third-order valence-electron chi connectivity index (χ3n) is 4.86. The number of hydrogen-bond donors (Lipinski definition) is 0. The minimum Gasteiger partial charge on any atom is -0.497 e. The van der Waals surface area contributed by atoms with Gasteiger partial charge in [0, 0.05) is 10.5 Å². The van der Waals surface area contributed by atoms with E-state index in [1.807, 2.05) is 49.4 Å². The van der Waals surface area contributed by atoms with Gasteiger partial charge in [0.15, 0.2) is 0 Å². The molecule has 3 aromatic rings. The minimum absolute atomic E-state index is 0.0106. The molecule has 0 radical (unpaired) electrons. The predicted molar refractivity (Wildman–Crippen MR) is 111 cm³/mol. The van der Waals surface area contributed by atoms with E-state index in [4.69, 9.17) is 4.74 Å². The third-order valence-corrected chi connectivity index (χ3v) is 6.01. The van der Waals surface area contributed by atoms with Gasteiger partial charge in [-0.15, -0.1) is 11.8 Å². The Morgan fingerprint density at radius 1 is 1.04 bits per heavy atom. The van der Waals surface area contributed by atoms with Crippen LogP contribution in [-0.4, -0.2) is 18.3 Å². The number of ether oxygens (including phenoxy) is 1. The van der Waals surface area contributed by atoms with Crippen molar-refractivity contribution in [2.75, 3.05) is 12.0 Å². The molecule has 1 aliphatic rings. The highest BCUT2D eigenvalue weighted by Gasteiger charge is 2.31. The molecule has 3 nitrogen and oxygen atoms in total. The van der Waals surface area contributed by atoms with Gasteiger partial charge in [0.1, 0.15) is 11.6 Å². The molecule has 1 unspecified atom stereocenters. The summed E-state index contributed by atoms with van der Waals surface area (Å²) in [5, 5.41) is -0.207. The number of hydrogen-bond acceptors (Lipinski definition) is 3. The number of fused-ring (bicyclic) bond motifs is 1. The summed E-state index contributed by atoms with van der Waals surface area (Å²) in [5.74, 6) is 0.465. The molecule has 28 heavy (non-hydrogen) atoms. The molecule has 1 aliphatic heterocycles. The summed E-state index contributed by atoms with van der Waals surface area (Å²) in [7, 11) is 1.64. The zero-order valence-corrected chi connectivity index (χ0v) is 16.5. The Bertz CT molecular complexity index is 1040. The summed E-state index contributed by atoms with van der Waals surface area (Å²) in [4.78, 5) is 15.6. The molecule has 0 N–H and O–H groups in total. The second-order valence-corrected chi connectivity index (χ2v) is 8.07. The van der Waals surface area contributed by atoms with E-state index in [-0.39, 0.29) is 23.5 Å². The molecule has 1 heterocycles. The van der Waals surface area contributed by atoms with Gasteiger partial charge < -0.3 is 9.64 Å². The molecule has 0 saturated heterocycles. The smallest absolute Gasteiger partial charge is 0.240 e. The van der Waals surface area contributed by atoms with Crippen molar-refractivity contribution in [1.82, 2.24) is 0 Å². The number of nitrogens with zero attached hydrogens (tertiary/aromatic N) is 1. The maximum atomic E-state index is 14.2. The van der Waals surface area contributed by atoms with Crippen molar-refractivity contribution < 1.29 is 13.9 Å². The van der Waals surface area contributed by atoms with E-state index in [1.54, 1.807) is 42.0 Å². The normalized spacial score (nSPS) is 16.0. The number of amides is 1. The van der Waals surface area contributed by atoms with Crippen LogP contribution in [0.1, 0.15) is 12.5 Å². The van der Waals surface area contributed by atoms with E-state index in [0.29, 0.717) is 5.56 Å². The van der Waals surface area contributed by atoms with Crippen LogP contribution in [0.15, 0.2) is 71.6 Å². The Morgan fingerprint density at radius 2 is 1.82 bits per heavy atom. The molecule has 3 aromatic carbocycles. The Morgan fingerprint density at radius 3 is 2.61 bits per heavy atom. The highest BCUT2D eigenvalue weighted by molar-refractivity contribution is 8.01. The van der Waals surface area contributed by atoms with Crippen LogP contribution >= 0.6 is 11.8 Å². The van der Waals surface area contributed by atoms with Crippen molar-refractivity contribution >= 4 is 23.4 Å². The summed E-state index contributed by atoms with van der Waals surface area (Å²) in [6.45, 7) is 2.10. The number of carbonyl (C=O) groups is 1. The van der Waals surface area contributed by atoms with Gasteiger partial charge in [0.05, 0.1) is 24.6 Å². The van der Waals surface area contributed by atoms with Gasteiger partial charge in [0.2, 0.25) is 5.91 Å². The van der Waals surface area contributed by atoms with Gasteiger partial charge >= 0.3 is 0 Å². The number of carbonyl (C=O) groups excluding carboxylic acids is 1. The summed E-state index contributed by atoms with van der Waals surface area (Å²) in [6.07, 6.45) is 0. The minimum atomic E-state index is -0.299. The van der Waals surface area contributed by atoms with Crippen molar-refractivity contribution in [3.05, 3.63) is 78.1 Å². The molecule has 5 heteroatoms. The molecule has 0 spiro atoms. The summed E-state index contributed by atoms with van der Waals surface area (Å²) in [5.41, 5.74) is 3.31. The average molecular weight is 393 g/mol. The number of thioether (sulfide) groups is 1. The molecule has 142 valence electrons. The van der Waals surface area contributed by atoms with Gasteiger partial charge in [0.25, 0.3) is 0 Å². The van der Waals surface area contributed by atoms with E-state index in [1.165, 1.54) is 6.07 Å². The van der Waals surface area contributed by atoms with Crippen LogP contribution in [0.5, 0.6) is 5.75 Å². The van der Waals surface area contributed by atoms with E-state index in [0.717, 1.165) is 27.5 Å². The zero-order valence-electron chi connectivity index (χ0n) is 15.7. The first-order valence-electron chi connectivity index (χ1n) is 9.07. The standard InChI is InChI=1S/C23H20FNO2S/c1-15-23(26)25(14-18-6-3-4-9-20(18)24)21-13-17(10-11-22(21)28-15)16-7-5-8-19(12-16)27-2/h3-13,15H,14H2,1-2H3. The monoisotopic (exact) mass is 393 g/mol. The fraction of sp³-hybridized carbons (Fsp3) is 0.174. The Hall–Kier alpha value is -2.79. The van der Waals surface area contributed by atoms with Crippen molar-refractivity contribution in [2.24, 2.45) is 0 Å². The number of rotatable bonds is 4. The third kappa shape index (κ3) is 3.50. The lowest BCUT2D eigenvalue weighted by molar-refractivity contribution is -0.118. The number of methoxy groups -OCH3 is 1. The lowest BCUT2D eigenvalue weighted by Crippen LogP contribution is -2.39. The van der Waals surface area contributed by atoms with Gasteiger partial charge in [-0.1, -0.05) is 36.4 Å². The number of halogens is 1. The first kappa shape index (κ1) is 18.6. The van der Waals surface area contributed by atoms with Crippen LogP contribution < -0.4 is 9.64 Å². The van der Waals surface area contributed by atoms with Crippen molar-refractivity contribution in [3.63, 3.8) is 0 Å². The molecule has 0 aromatic heterocycles. The van der Waals surface area contributed by atoms with Crippen LogP contribution in [0.3, 0.4) is 0 Å². The van der Waals surface area contributed by atoms with Gasteiger partial charge in [-0.05, 0) is 48.4 Å². The summed E-state index contributed by atoms with van der Waals surface area (Å²) in [6, 6.07) is 20.5. The molecule has 4 rings (SSSR count). The molecular weight excluding hydrogens is 373 g/mol. The van der Waals surface area contributed by atoms with Crippen LogP contribution in [0.4, 0.5) is 10.1 Å². The van der Waals surface area contributed by atoms with Gasteiger partial charge in [-0.2, -0.15) is 0 Å². The molecule has 1 amide bonds. The van der Waals surface area contributed by atoms with Crippen LogP contribution in [0, 0.1) is 5.82 Å². The van der Waals surface area contributed by atoms with E-state index < -0.39 is 0 Å².